The maximum atomic E-state index is 5.07. The van der Waals surface area contributed by atoms with Crippen LogP contribution in [0.15, 0.2) is 151 Å². The summed E-state index contributed by atoms with van der Waals surface area (Å²) in [6, 6.07) is 42.3. The number of pyridine rings is 3. The third kappa shape index (κ3) is 5.08. The second kappa shape index (κ2) is 12.0. The van der Waals surface area contributed by atoms with Crippen molar-refractivity contribution in [2.45, 2.75) is 6.92 Å². The lowest BCUT2D eigenvalue weighted by Crippen LogP contribution is -1.92. The van der Waals surface area contributed by atoms with E-state index in [4.69, 9.17) is 9.97 Å². The van der Waals surface area contributed by atoms with Crippen LogP contribution in [0, 0.1) is 6.92 Å². The molecule has 0 aliphatic heterocycles. The Morgan fingerprint density at radius 2 is 1.44 bits per heavy atom. The zero-order chi connectivity index (χ0) is 32.6. The number of hydrogen-bond acceptors (Lipinski definition) is 4. The largest absolute Gasteiger partial charge is 0.299 e. The summed E-state index contributed by atoms with van der Waals surface area (Å²) in [4.78, 5) is 18.7. The SMILES string of the molecule is C=Cc1cc(-c2cc(-c3ccc(-c4nc5ccccn5c4-c4ccccc4)cc3)cc(-c3cccc(C)n3)c2)c2ccncc2c1N=C. The molecule has 4 heterocycles. The quantitative estimate of drug-likeness (QED) is 0.167. The molecule has 0 bridgehead atoms. The van der Waals surface area contributed by atoms with Crippen LogP contribution in [0.25, 0.3) is 78.5 Å². The summed E-state index contributed by atoms with van der Waals surface area (Å²) in [7, 11) is 0. The number of aryl methyl sites for hydroxylation is 1. The maximum absolute atomic E-state index is 5.07. The second-order valence-corrected chi connectivity index (χ2v) is 11.8. The fourth-order valence-corrected chi connectivity index (χ4v) is 6.54. The second-order valence-electron chi connectivity index (χ2n) is 11.8. The summed E-state index contributed by atoms with van der Waals surface area (Å²) < 4.78 is 2.16. The highest BCUT2D eigenvalue weighted by molar-refractivity contribution is 6.06. The molecule has 0 amide bonds. The van der Waals surface area contributed by atoms with Gasteiger partial charge < -0.3 is 0 Å². The molecule has 5 nitrogen and oxygen atoms in total. The molecule has 0 N–H and O–H groups in total. The minimum Gasteiger partial charge on any atom is -0.299 e. The first kappa shape index (κ1) is 29.0. The van der Waals surface area contributed by atoms with Crippen LogP contribution in [-0.2, 0) is 0 Å². The molecule has 48 heavy (non-hydrogen) atoms. The Kier molecular flexibility index (Phi) is 7.27. The molecule has 0 aliphatic carbocycles. The molecule has 0 unspecified atom stereocenters. The number of nitrogens with zero attached hydrogens (tertiary/aromatic N) is 5. The molecule has 8 aromatic rings. The molecule has 0 saturated heterocycles. The minimum atomic E-state index is 0.783. The van der Waals surface area contributed by atoms with Gasteiger partial charge in [0.05, 0.1) is 22.8 Å². The van der Waals surface area contributed by atoms with Crippen molar-refractivity contribution in [2.24, 2.45) is 4.99 Å². The van der Waals surface area contributed by atoms with E-state index in [2.05, 4.69) is 119 Å². The fourth-order valence-electron chi connectivity index (χ4n) is 6.54. The van der Waals surface area contributed by atoms with Gasteiger partial charge in [0.25, 0.3) is 0 Å². The molecule has 0 fully saturated rings. The van der Waals surface area contributed by atoms with Gasteiger partial charge in [-0.3, -0.25) is 19.4 Å². The van der Waals surface area contributed by atoms with E-state index in [1.165, 1.54) is 0 Å². The molecule has 228 valence electrons. The van der Waals surface area contributed by atoms with E-state index in [1.807, 2.05) is 61.8 Å². The zero-order valence-corrected chi connectivity index (χ0v) is 26.5. The summed E-state index contributed by atoms with van der Waals surface area (Å²) in [6.45, 7) is 9.92. The number of hydrogen-bond donors (Lipinski definition) is 0. The van der Waals surface area contributed by atoms with Crippen molar-refractivity contribution in [1.29, 1.82) is 0 Å². The summed E-state index contributed by atoms with van der Waals surface area (Å²) >= 11 is 0. The third-order valence-electron chi connectivity index (χ3n) is 8.81. The highest BCUT2D eigenvalue weighted by atomic mass is 15.0. The highest BCUT2D eigenvalue weighted by Crippen LogP contribution is 2.41. The first-order valence-electron chi connectivity index (χ1n) is 15.8. The molecule has 4 aromatic heterocycles. The van der Waals surface area contributed by atoms with Crippen LogP contribution in [0.2, 0.25) is 0 Å². The number of aromatic nitrogens is 4. The van der Waals surface area contributed by atoms with Crippen molar-refractivity contribution < 1.29 is 0 Å². The lowest BCUT2D eigenvalue weighted by molar-refractivity contribution is 1.19. The van der Waals surface area contributed by atoms with Gasteiger partial charge in [-0.15, -0.1) is 0 Å². The smallest absolute Gasteiger partial charge is 0.137 e. The number of benzene rings is 4. The van der Waals surface area contributed by atoms with Crippen molar-refractivity contribution in [2.75, 3.05) is 0 Å². The molecule has 0 aliphatic rings. The van der Waals surface area contributed by atoms with Gasteiger partial charge in [-0.25, -0.2) is 4.98 Å². The summed E-state index contributed by atoms with van der Waals surface area (Å²) in [5.74, 6) is 0. The van der Waals surface area contributed by atoms with Crippen LogP contribution in [0.3, 0.4) is 0 Å². The van der Waals surface area contributed by atoms with E-state index in [1.54, 1.807) is 0 Å². The van der Waals surface area contributed by atoms with Crippen LogP contribution in [0.1, 0.15) is 11.3 Å². The normalized spacial score (nSPS) is 11.2. The average molecular weight is 618 g/mol. The summed E-state index contributed by atoms with van der Waals surface area (Å²) in [6.07, 6.45) is 7.57. The number of imidazole rings is 1. The van der Waals surface area contributed by atoms with Crippen LogP contribution in [-0.4, -0.2) is 26.1 Å². The van der Waals surface area contributed by atoms with E-state index in [-0.39, 0.29) is 0 Å². The Labute approximate surface area is 279 Å². The van der Waals surface area contributed by atoms with E-state index < -0.39 is 0 Å². The number of aliphatic imine (C=N–C) groups is 1. The van der Waals surface area contributed by atoms with Crippen LogP contribution in [0.5, 0.6) is 0 Å². The Hall–Kier alpha value is -6.46. The average Bonchev–Trinajstić information content (AvgIpc) is 3.54. The lowest BCUT2D eigenvalue weighted by atomic mass is 9.90. The van der Waals surface area contributed by atoms with Gasteiger partial charge in [-0.05, 0) is 95.9 Å². The minimum absolute atomic E-state index is 0.783. The van der Waals surface area contributed by atoms with Gasteiger partial charge in [0.15, 0.2) is 0 Å². The molecule has 0 atom stereocenters. The third-order valence-corrected chi connectivity index (χ3v) is 8.81. The molecule has 0 saturated carbocycles. The molecule has 0 radical (unpaired) electrons. The van der Waals surface area contributed by atoms with Gasteiger partial charge in [0, 0.05) is 51.9 Å². The Morgan fingerprint density at radius 3 is 2.23 bits per heavy atom. The van der Waals surface area contributed by atoms with Gasteiger partial charge in [-0.1, -0.05) is 79.4 Å². The van der Waals surface area contributed by atoms with Crippen molar-refractivity contribution in [1.82, 2.24) is 19.4 Å². The molecule has 0 spiro atoms. The van der Waals surface area contributed by atoms with Crippen molar-refractivity contribution in [3.8, 4) is 56.0 Å². The number of fused-ring (bicyclic) bond motifs is 2. The van der Waals surface area contributed by atoms with Crippen molar-refractivity contribution in [3.05, 3.63) is 158 Å². The van der Waals surface area contributed by atoms with E-state index in [0.29, 0.717) is 0 Å². The Morgan fingerprint density at radius 1 is 0.667 bits per heavy atom. The van der Waals surface area contributed by atoms with Crippen LogP contribution in [0.4, 0.5) is 5.69 Å². The van der Waals surface area contributed by atoms with Gasteiger partial charge >= 0.3 is 0 Å². The highest BCUT2D eigenvalue weighted by Gasteiger charge is 2.17. The van der Waals surface area contributed by atoms with Crippen molar-refractivity contribution >= 4 is 34.9 Å². The number of rotatable bonds is 7. The van der Waals surface area contributed by atoms with Gasteiger partial charge in [0.1, 0.15) is 5.65 Å². The summed E-state index contributed by atoms with van der Waals surface area (Å²) in [5.41, 5.74) is 14.1. The zero-order valence-electron chi connectivity index (χ0n) is 26.5. The van der Waals surface area contributed by atoms with E-state index >= 15 is 0 Å². The first-order valence-corrected chi connectivity index (χ1v) is 15.8. The van der Waals surface area contributed by atoms with Gasteiger partial charge in [-0.2, -0.15) is 0 Å². The maximum Gasteiger partial charge on any atom is 0.137 e. The molecule has 5 heteroatoms. The molecular formula is C43H31N5. The molecular weight excluding hydrogens is 587 g/mol. The molecule has 8 rings (SSSR count). The summed E-state index contributed by atoms with van der Waals surface area (Å²) in [5, 5.41) is 1.99. The van der Waals surface area contributed by atoms with Gasteiger partial charge in [0.2, 0.25) is 0 Å². The predicted octanol–water partition coefficient (Wildman–Crippen LogP) is 10.9. The topological polar surface area (TPSA) is 55.4 Å². The van der Waals surface area contributed by atoms with E-state index in [0.717, 1.165) is 89.4 Å². The fraction of sp³-hybridized carbons (Fsp3) is 0.0233. The predicted molar refractivity (Wildman–Crippen MR) is 200 cm³/mol. The van der Waals surface area contributed by atoms with E-state index in [9.17, 15) is 0 Å². The Bertz CT molecular complexity index is 2490. The molecule has 4 aromatic carbocycles. The standard InChI is InChI=1S/C43H31N5/c1-4-29-26-37(36-20-21-45-27-38(36)41(29)44-3)34-23-33(24-35(25-34)39-14-10-11-28(2)46-39)30-16-18-31(19-17-30)42-43(32-12-6-5-7-13-32)48-22-9-8-15-40(48)47-42/h4-27H,1,3H2,2H3. The van der Waals surface area contributed by atoms with Crippen molar-refractivity contribution in [3.63, 3.8) is 0 Å². The first-order chi connectivity index (χ1) is 23.6. The lowest BCUT2D eigenvalue weighted by Gasteiger charge is -2.15. The Balaban J connectivity index is 1.30. The van der Waals surface area contributed by atoms with Crippen LogP contribution >= 0.6 is 0 Å². The van der Waals surface area contributed by atoms with Crippen LogP contribution < -0.4 is 0 Å². The monoisotopic (exact) mass is 617 g/mol.